The molecule has 1 aliphatic rings. The lowest BCUT2D eigenvalue weighted by molar-refractivity contribution is 0.166. The van der Waals surface area contributed by atoms with Crippen molar-refractivity contribution in [2.45, 2.75) is 65.7 Å². The van der Waals surface area contributed by atoms with E-state index in [1.54, 1.807) is 0 Å². The number of nitrogens with one attached hydrogen (secondary N) is 1. The first-order chi connectivity index (χ1) is 9.61. The van der Waals surface area contributed by atoms with Gasteiger partial charge in [-0.25, -0.2) is 4.98 Å². The van der Waals surface area contributed by atoms with Crippen molar-refractivity contribution in [3.8, 4) is 0 Å². The second-order valence-corrected chi connectivity index (χ2v) is 7.89. The Balaban J connectivity index is 1.90. The number of aromatic nitrogens is 1. The molecule has 0 aliphatic heterocycles. The number of rotatable bonds is 7. The number of nitrogens with zero attached hydrogens (tertiary/aromatic N) is 1. The van der Waals surface area contributed by atoms with Crippen molar-refractivity contribution in [1.82, 2.24) is 10.3 Å². The van der Waals surface area contributed by atoms with Crippen LogP contribution in [0.5, 0.6) is 0 Å². The Morgan fingerprint density at radius 3 is 2.65 bits per heavy atom. The predicted molar refractivity (Wildman–Crippen MR) is 88.4 cm³/mol. The Morgan fingerprint density at radius 1 is 1.30 bits per heavy atom. The fraction of sp³-hybridized carbons (Fsp3) is 0.824. The predicted octanol–water partition coefficient (Wildman–Crippen LogP) is 4.58. The summed E-state index contributed by atoms with van der Waals surface area (Å²) >= 11 is 1.83. The minimum absolute atomic E-state index is 0.545. The molecule has 20 heavy (non-hydrogen) atoms. The van der Waals surface area contributed by atoms with Crippen LogP contribution in [0.25, 0.3) is 0 Å². The van der Waals surface area contributed by atoms with Crippen LogP contribution in [0.3, 0.4) is 0 Å². The molecular formula is C17H30N2S. The molecule has 1 N–H and O–H groups in total. The number of aryl methyl sites for hydroxylation is 2. The molecular weight excluding hydrogens is 264 g/mol. The molecule has 1 fully saturated rings. The number of hydrogen-bond acceptors (Lipinski definition) is 3. The average molecular weight is 295 g/mol. The molecule has 1 heterocycles. The third-order valence-corrected chi connectivity index (χ3v) is 5.69. The summed E-state index contributed by atoms with van der Waals surface area (Å²) in [6.07, 6.45) is 9.66. The highest BCUT2D eigenvalue weighted by Gasteiger charge is 2.31. The zero-order valence-corrected chi connectivity index (χ0v) is 14.2. The van der Waals surface area contributed by atoms with E-state index in [0.29, 0.717) is 5.41 Å². The highest BCUT2D eigenvalue weighted by Crippen LogP contribution is 2.40. The van der Waals surface area contributed by atoms with Crippen molar-refractivity contribution in [1.29, 1.82) is 0 Å². The van der Waals surface area contributed by atoms with Gasteiger partial charge in [0.25, 0.3) is 0 Å². The number of thiazole rings is 1. The standard InChI is InChI=1S/C17H30N2S/c1-14(2)11-18-12-17(8-5-4-6-9-17)10-7-16-15(3)19-13-20-16/h13-14,18H,4-12H2,1-3H3. The summed E-state index contributed by atoms with van der Waals surface area (Å²) in [5.41, 5.74) is 3.79. The van der Waals surface area contributed by atoms with E-state index in [1.165, 1.54) is 62.1 Å². The molecule has 1 aliphatic carbocycles. The minimum atomic E-state index is 0.545. The van der Waals surface area contributed by atoms with Gasteiger partial charge < -0.3 is 5.32 Å². The van der Waals surface area contributed by atoms with Gasteiger partial charge in [-0.2, -0.15) is 0 Å². The van der Waals surface area contributed by atoms with Crippen LogP contribution in [0.15, 0.2) is 5.51 Å². The van der Waals surface area contributed by atoms with Gasteiger partial charge in [0, 0.05) is 11.4 Å². The van der Waals surface area contributed by atoms with Crippen LogP contribution in [0.4, 0.5) is 0 Å². The molecule has 2 rings (SSSR count). The molecule has 0 saturated heterocycles. The topological polar surface area (TPSA) is 24.9 Å². The van der Waals surface area contributed by atoms with Crippen LogP contribution in [-0.4, -0.2) is 18.1 Å². The van der Waals surface area contributed by atoms with Gasteiger partial charge in [-0.1, -0.05) is 33.1 Å². The van der Waals surface area contributed by atoms with Crippen molar-refractivity contribution >= 4 is 11.3 Å². The smallest absolute Gasteiger partial charge is 0.0797 e. The second-order valence-electron chi connectivity index (χ2n) is 6.95. The van der Waals surface area contributed by atoms with Crippen LogP contribution < -0.4 is 5.32 Å². The summed E-state index contributed by atoms with van der Waals surface area (Å²) in [5, 5.41) is 3.73. The van der Waals surface area contributed by atoms with Gasteiger partial charge in [0.2, 0.25) is 0 Å². The maximum absolute atomic E-state index is 4.39. The van der Waals surface area contributed by atoms with Crippen molar-refractivity contribution in [2.24, 2.45) is 11.3 Å². The highest BCUT2D eigenvalue weighted by molar-refractivity contribution is 7.09. The Morgan fingerprint density at radius 2 is 2.05 bits per heavy atom. The van der Waals surface area contributed by atoms with Gasteiger partial charge in [-0.05, 0) is 50.5 Å². The molecule has 3 heteroatoms. The van der Waals surface area contributed by atoms with Crippen LogP contribution in [0, 0.1) is 18.3 Å². The van der Waals surface area contributed by atoms with Gasteiger partial charge in [-0.3, -0.25) is 0 Å². The summed E-state index contributed by atoms with van der Waals surface area (Å²) in [6.45, 7) is 9.10. The average Bonchev–Trinajstić information content (AvgIpc) is 2.83. The Kier molecular flexibility index (Phi) is 6.03. The summed E-state index contributed by atoms with van der Waals surface area (Å²) in [7, 11) is 0. The van der Waals surface area contributed by atoms with E-state index in [4.69, 9.17) is 0 Å². The van der Waals surface area contributed by atoms with E-state index in [1.807, 2.05) is 16.8 Å². The zero-order valence-electron chi connectivity index (χ0n) is 13.4. The molecule has 0 atom stereocenters. The monoisotopic (exact) mass is 294 g/mol. The van der Waals surface area contributed by atoms with E-state index in [9.17, 15) is 0 Å². The molecule has 114 valence electrons. The highest BCUT2D eigenvalue weighted by atomic mass is 32.1. The third kappa shape index (κ3) is 4.56. The van der Waals surface area contributed by atoms with Crippen molar-refractivity contribution in [3.63, 3.8) is 0 Å². The minimum Gasteiger partial charge on any atom is -0.316 e. The Labute approximate surface area is 128 Å². The molecule has 0 unspecified atom stereocenters. The van der Waals surface area contributed by atoms with E-state index >= 15 is 0 Å². The number of hydrogen-bond donors (Lipinski definition) is 1. The SMILES string of the molecule is Cc1ncsc1CCC1(CNCC(C)C)CCCCC1. The fourth-order valence-electron chi connectivity index (χ4n) is 3.39. The summed E-state index contributed by atoms with van der Waals surface area (Å²) in [5.74, 6) is 0.749. The van der Waals surface area contributed by atoms with Crippen molar-refractivity contribution in [3.05, 3.63) is 16.1 Å². The molecule has 0 radical (unpaired) electrons. The third-order valence-electron chi connectivity index (χ3n) is 4.69. The first-order valence-electron chi connectivity index (χ1n) is 8.21. The van der Waals surface area contributed by atoms with Gasteiger partial charge in [-0.15, -0.1) is 11.3 Å². The maximum Gasteiger partial charge on any atom is 0.0797 e. The second kappa shape index (κ2) is 7.56. The Bertz CT molecular complexity index is 391. The van der Waals surface area contributed by atoms with Crippen molar-refractivity contribution < 1.29 is 0 Å². The molecule has 1 aromatic rings. The van der Waals surface area contributed by atoms with E-state index in [0.717, 1.165) is 12.5 Å². The summed E-state index contributed by atoms with van der Waals surface area (Å²) < 4.78 is 0. The molecule has 0 bridgehead atoms. The van der Waals surface area contributed by atoms with Crippen LogP contribution in [-0.2, 0) is 6.42 Å². The lowest BCUT2D eigenvalue weighted by atomic mass is 9.71. The Hall–Kier alpha value is -0.410. The molecule has 2 nitrogen and oxygen atoms in total. The molecule has 0 amide bonds. The molecule has 0 aromatic carbocycles. The first-order valence-corrected chi connectivity index (χ1v) is 9.09. The van der Waals surface area contributed by atoms with Gasteiger partial charge in [0.1, 0.15) is 0 Å². The first kappa shape index (κ1) is 16.0. The zero-order chi connectivity index (χ0) is 14.4. The van der Waals surface area contributed by atoms with E-state index < -0.39 is 0 Å². The fourth-order valence-corrected chi connectivity index (χ4v) is 4.17. The van der Waals surface area contributed by atoms with Gasteiger partial charge in [0.05, 0.1) is 11.2 Å². The quantitative estimate of drug-likeness (QED) is 0.796. The van der Waals surface area contributed by atoms with Crippen LogP contribution >= 0.6 is 11.3 Å². The van der Waals surface area contributed by atoms with Crippen LogP contribution in [0.2, 0.25) is 0 Å². The molecule has 0 spiro atoms. The lowest BCUT2D eigenvalue weighted by Crippen LogP contribution is -2.38. The lowest BCUT2D eigenvalue weighted by Gasteiger charge is -2.38. The maximum atomic E-state index is 4.39. The molecule has 1 saturated carbocycles. The van der Waals surface area contributed by atoms with E-state index in [2.05, 4.69) is 31.1 Å². The largest absolute Gasteiger partial charge is 0.316 e. The molecule has 1 aromatic heterocycles. The van der Waals surface area contributed by atoms with E-state index in [-0.39, 0.29) is 0 Å². The normalized spacial score (nSPS) is 18.6. The van der Waals surface area contributed by atoms with Gasteiger partial charge in [0.15, 0.2) is 0 Å². The summed E-state index contributed by atoms with van der Waals surface area (Å²) in [4.78, 5) is 5.89. The van der Waals surface area contributed by atoms with Crippen molar-refractivity contribution in [2.75, 3.05) is 13.1 Å². The summed E-state index contributed by atoms with van der Waals surface area (Å²) in [6, 6.07) is 0. The van der Waals surface area contributed by atoms with Gasteiger partial charge >= 0.3 is 0 Å². The van der Waals surface area contributed by atoms with Crippen LogP contribution in [0.1, 0.15) is 62.9 Å².